The summed E-state index contributed by atoms with van der Waals surface area (Å²) >= 11 is 0. The summed E-state index contributed by atoms with van der Waals surface area (Å²) in [6.45, 7) is 3.66. The zero-order valence-electron chi connectivity index (χ0n) is 12.4. The number of aryl methyl sites for hydroxylation is 1. The van der Waals surface area contributed by atoms with Crippen LogP contribution in [0.25, 0.3) is 6.08 Å². The molecule has 22 heavy (non-hydrogen) atoms. The van der Waals surface area contributed by atoms with Crippen LogP contribution in [-0.2, 0) is 0 Å². The van der Waals surface area contributed by atoms with Crippen molar-refractivity contribution >= 4 is 6.08 Å². The molecular weight excluding hydrogens is 287 g/mol. The molecule has 4 heteroatoms. The highest BCUT2D eigenvalue weighted by atomic mass is 19.4. The van der Waals surface area contributed by atoms with E-state index in [1.54, 1.807) is 13.0 Å². The maximum absolute atomic E-state index is 12.7. The lowest BCUT2D eigenvalue weighted by Crippen LogP contribution is -2.19. The molecule has 0 radical (unpaired) electrons. The summed E-state index contributed by atoms with van der Waals surface area (Å²) in [6, 6.07) is 9.76. The van der Waals surface area contributed by atoms with Gasteiger partial charge in [0.25, 0.3) is 0 Å². The second kappa shape index (κ2) is 6.23. The number of halogens is 3. The van der Waals surface area contributed by atoms with Gasteiger partial charge in [0, 0.05) is 11.5 Å². The van der Waals surface area contributed by atoms with Crippen molar-refractivity contribution in [1.29, 1.82) is 5.26 Å². The normalized spacial score (nSPS) is 22.2. The molecule has 1 aromatic rings. The average Bonchev–Trinajstić information content (AvgIpc) is 2.46. The minimum Gasteiger partial charge on any atom is -0.193 e. The minimum atomic E-state index is -4.34. The van der Waals surface area contributed by atoms with Gasteiger partial charge in [-0.2, -0.15) is 18.4 Å². The lowest BCUT2D eigenvalue weighted by atomic mass is 9.81. The molecule has 0 amide bonds. The van der Waals surface area contributed by atoms with Crippen molar-refractivity contribution in [2.45, 2.75) is 20.0 Å². The highest BCUT2D eigenvalue weighted by Crippen LogP contribution is 2.36. The lowest BCUT2D eigenvalue weighted by molar-refractivity contribution is -0.0890. The summed E-state index contributed by atoms with van der Waals surface area (Å²) in [4.78, 5) is 0. The van der Waals surface area contributed by atoms with E-state index in [1.807, 2.05) is 31.2 Å². The summed E-state index contributed by atoms with van der Waals surface area (Å²) in [7, 11) is 0. The van der Waals surface area contributed by atoms with Gasteiger partial charge in [-0.15, -0.1) is 0 Å². The second-order valence-corrected chi connectivity index (χ2v) is 5.49. The Balaban J connectivity index is 2.27. The van der Waals surface area contributed by atoms with Crippen LogP contribution < -0.4 is 0 Å². The molecule has 0 saturated carbocycles. The molecule has 0 saturated heterocycles. The van der Waals surface area contributed by atoms with Gasteiger partial charge in [0.2, 0.25) is 0 Å². The Bertz CT molecular complexity index is 670. The average molecular weight is 303 g/mol. The highest BCUT2D eigenvalue weighted by Gasteiger charge is 2.35. The fraction of sp³-hybridized carbons (Fsp3) is 0.278. The molecule has 1 unspecified atom stereocenters. The van der Waals surface area contributed by atoms with Crippen LogP contribution in [0, 0.1) is 30.1 Å². The third-order valence-corrected chi connectivity index (χ3v) is 3.71. The van der Waals surface area contributed by atoms with Crippen LogP contribution in [0.2, 0.25) is 0 Å². The van der Waals surface area contributed by atoms with Crippen molar-refractivity contribution in [3.05, 3.63) is 64.8 Å². The van der Waals surface area contributed by atoms with Crippen molar-refractivity contribution in [1.82, 2.24) is 0 Å². The number of allylic oxidation sites excluding steroid dienone is 5. The standard InChI is InChI=1S/C18H16F3N/c1-12-3-5-14(6-4-12)10-15(11-22)17-8-7-16(9-13(17)2)18(19,20)21/h3-10,13,17H,1-2H3/b15-10+/t13-,17?/m1/s1. The van der Waals surface area contributed by atoms with Gasteiger partial charge in [-0.1, -0.05) is 55.0 Å². The van der Waals surface area contributed by atoms with Crippen LogP contribution in [0.15, 0.2) is 53.6 Å². The van der Waals surface area contributed by atoms with E-state index < -0.39 is 11.7 Å². The molecule has 0 aliphatic heterocycles. The molecule has 2 rings (SSSR count). The van der Waals surface area contributed by atoms with E-state index in [9.17, 15) is 18.4 Å². The van der Waals surface area contributed by atoms with Gasteiger partial charge in [-0.3, -0.25) is 0 Å². The fourth-order valence-electron chi connectivity index (χ4n) is 2.45. The first-order valence-electron chi connectivity index (χ1n) is 6.97. The maximum Gasteiger partial charge on any atom is 0.416 e. The quantitative estimate of drug-likeness (QED) is 0.688. The minimum absolute atomic E-state index is 0.336. The number of hydrogen-bond donors (Lipinski definition) is 0. The van der Waals surface area contributed by atoms with Gasteiger partial charge in [0.05, 0.1) is 11.6 Å². The largest absolute Gasteiger partial charge is 0.416 e. The van der Waals surface area contributed by atoms with Crippen LogP contribution in [0.1, 0.15) is 18.1 Å². The van der Waals surface area contributed by atoms with Gasteiger partial charge in [0.1, 0.15) is 0 Å². The maximum atomic E-state index is 12.7. The molecule has 1 nitrogen and oxygen atoms in total. The number of hydrogen-bond acceptors (Lipinski definition) is 1. The van der Waals surface area contributed by atoms with Gasteiger partial charge < -0.3 is 0 Å². The topological polar surface area (TPSA) is 23.8 Å². The Morgan fingerprint density at radius 3 is 2.36 bits per heavy atom. The molecule has 0 bridgehead atoms. The van der Waals surface area contributed by atoms with Crippen LogP contribution >= 0.6 is 0 Å². The van der Waals surface area contributed by atoms with E-state index in [-0.39, 0.29) is 11.8 Å². The first kappa shape index (κ1) is 16.1. The predicted molar refractivity (Wildman–Crippen MR) is 80.7 cm³/mol. The molecule has 1 aliphatic rings. The Labute approximate surface area is 128 Å². The predicted octanol–water partition coefficient (Wildman–Crippen LogP) is 5.21. The molecule has 0 fully saturated rings. The van der Waals surface area contributed by atoms with E-state index >= 15 is 0 Å². The molecule has 114 valence electrons. The molecule has 1 aliphatic carbocycles. The smallest absolute Gasteiger partial charge is 0.193 e. The first-order valence-corrected chi connectivity index (χ1v) is 6.97. The van der Waals surface area contributed by atoms with E-state index in [1.165, 1.54) is 12.2 Å². The number of nitrogens with zero attached hydrogens (tertiary/aromatic N) is 1. The molecule has 0 N–H and O–H groups in total. The Morgan fingerprint density at radius 1 is 1.23 bits per heavy atom. The van der Waals surface area contributed by atoms with Crippen LogP contribution in [0.5, 0.6) is 0 Å². The van der Waals surface area contributed by atoms with Gasteiger partial charge >= 0.3 is 6.18 Å². The molecular formula is C18H16F3N. The van der Waals surface area contributed by atoms with Crippen LogP contribution in [0.3, 0.4) is 0 Å². The van der Waals surface area contributed by atoms with Crippen LogP contribution in [0.4, 0.5) is 13.2 Å². The van der Waals surface area contributed by atoms with Crippen LogP contribution in [-0.4, -0.2) is 6.18 Å². The summed E-state index contributed by atoms with van der Waals surface area (Å²) in [5.41, 5.74) is 1.79. The summed E-state index contributed by atoms with van der Waals surface area (Å²) < 4.78 is 38.1. The molecule has 0 spiro atoms. The highest BCUT2D eigenvalue weighted by molar-refractivity contribution is 5.59. The van der Waals surface area contributed by atoms with E-state index in [4.69, 9.17) is 0 Å². The summed E-state index contributed by atoms with van der Waals surface area (Å²) in [5, 5.41) is 9.34. The van der Waals surface area contributed by atoms with Gasteiger partial charge in [0.15, 0.2) is 0 Å². The molecule has 2 atom stereocenters. The first-order chi connectivity index (χ1) is 10.3. The number of alkyl halides is 3. The second-order valence-electron chi connectivity index (χ2n) is 5.49. The fourth-order valence-corrected chi connectivity index (χ4v) is 2.45. The van der Waals surface area contributed by atoms with E-state index in [0.717, 1.165) is 17.2 Å². The number of nitriles is 1. The van der Waals surface area contributed by atoms with Crippen molar-refractivity contribution in [2.24, 2.45) is 11.8 Å². The SMILES string of the molecule is Cc1ccc(/C=C(\C#N)C2C=CC(C(F)(F)F)=C[C@H]2C)cc1. The zero-order chi connectivity index (χ0) is 16.3. The summed E-state index contributed by atoms with van der Waals surface area (Å²) in [5.74, 6) is -0.713. The Hall–Kier alpha value is -2.28. The Kier molecular flexibility index (Phi) is 4.56. The van der Waals surface area contributed by atoms with E-state index in [2.05, 4.69) is 6.07 Å². The molecule has 0 heterocycles. The number of benzene rings is 1. The summed E-state index contributed by atoms with van der Waals surface area (Å²) in [6.07, 6.45) is 1.10. The van der Waals surface area contributed by atoms with Crippen molar-refractivity contribution in [2.75, 3.05) is 0 Å². The lowest BCUT2D eigenvalue weighted by Gasteiger charge is -2.23. The zero-order valence-corrected chi connectivity index (χ0v) is 12.4. The van der Waals surface area contributed by atoms with Crippen molar-refractivity contribution in [3.63, 3.8) is 0 Å². The molecule has 1 aromatic carbocycles. The third-order valence-electron chi connectivity index (χ3n) is 3.71. The monoisotopic (exact) mass is 303 g/mol. The van der Waals surface area contributed by atoms with Crippen molar-refractivity contribution < 1.29 is 13.2 Å². The van der Waals surface area contributed by atoms with Crippen molar-refractivity contribution in [3.8, 4) is 6.07 Å². The number of rotatable bonds is 2. The Morgan fingerprint density at radius 2 is 1.86 bits per heavy atom. The third kappa shape index (κ3) is 3.67. The van der Waals surface area contributed by atoms with Gasteiger partial charge in [-0.05, 0) is 24.5 Å². The molecule has 0 aromatic heterocycles. The van der Waals surface area contributed by atoms with Gasteiger partial charge in [-0.25, -0.2) is 0 Å². The van der Waals surface area contributed by atoms with E-state index in [0.29, 0.717) is 5.57 Å².